The molecular weight excluding hydrogens is 478 g/mol. The van der Waals surface area contributed by atoms with E-state index in [0.29, 0.717) is 29.2 Å². The normalized spacial score (nSPS) is 15.9. The van der Waals surface area contributed by atoms with Crippen LogP contribution in [0.25, 0.3) is 11.0 Å². The van der Waals surface area contributed by atoms with Crippen molar-refractivity contribution in [1.29, 1.82) is 0 Å². The molecule has 0 saturated carbocycles. The highest BCUT2D eigenvalue weighted by molar-refractivity contribution is 6.20. The number of ketones is 1. The molecule has 6 heteroatoms. The fourth-order valence-corrected chi connectivity index (χ4v) is 4.75. The van der Waals surface area contributed by atoms with E-state index in [1.165, 1.54) is 4.90 Å². The summed E-state index contributed by atoms with van der Waals surface area (Å²) in [6.07, 6.45) is 0.841. The molecule has 1 amide bonds. The van der Waals surface area contributed by atoms with Crippen LogP contribution in [0.15, 0.2) is 94.6 Å². The summed E-state index contributed by atoms with van der Waals surface area (Å²) in [5.41, 5.74) is 2.81. The molecule has 0 fully saturated rings. The van der Waals surface area contributed by atoms with Crippen LogP contribution >= 0.6 is 0 Å². The van der Waals surface area contributed by atoms with Gasteiger partial charge in [0, 0.05) is 17.1 Å². The topological polar surface area (TPSA) is 80.0 Å². The molecule has 6 nitrogen and oxygen atoms in total. The number of amides is 1. The monoisotopic (exact) mass is 509 g/mol. The summed E-state index contributed by atoms with van der Waals surface area (Å²) < 4.78 is 11.6. The summed E-state index contributed by atoms with van der Waals surface area (Å²) in [6, 6.07) is 23.1. The molecule has 1 unspecified atom stereocenters. The summed E-state index contributed by atoms with van der Waals surface area (Å²) in [4.78, 5) is 28.9. The third kappa shape index (κ3) is 4.58. The minimum Gasteiger partial charge on any atom is -0.503 e. The highest BCUT2D eigenvalue weighted by atomic mass is 16.5. The predicted octanol–water partition coefficient (Wildman–Crippen LogP) is 7.30. The van der Waals surface area contributed by atoms with Crippen LogP contribution in [0.5, 0.6) is 5.75 Å². The van der Waals surface area contributed by atoms with Crippen molar-refractivity contribution in [1.82, 2.24) is 0 Å². The number of carbonyl (C=O) groups excluding carboxylic acids is 2. The summed E-state index contributed by atoms with van der Waals surface area (Å²) in [7, 11) is 0. The van der Waals surface area contributed by atoms with E-state index in [0.717, 1.165) is 17.4 Å². The molecule has 1 aliphatic heterocycles. The van der Waals surface area contributed by atoms with Crippen LogP contribution in [-0.4, -0.2) is 23.4 Å². The smallest absolute Gasteiger partial charge is 0.294 e. The first kappa shape index (κ1) is 25.3. The minimum absolute atomic E-state index is 0.0163. The van der Waals surface area contributed by atoms with E-state index < -0.39 is 23.5 Å². The third-order valence-electron chi connectivity index (χ3n) is 6.76. The maximum atomic E-state index is 13.9. The fourth-order valence-electron chi connectivity index (χ4n) is 4.75. The van der Waals surface area contributed by atoms with Gasteiger partial charge in [0.2, 0.25) is 5.78 Å². The van der Waals surface area contributed by atoms with Crippen molar-refractivity contribution in [2.75, 3.05) is 11.5 Å². The second-order valence-corrected chi connectivity index (χ2v) is 10.5. The Morgan fingerprint density at radius 2 is 1.74 bits per heavy atom. The van der Waals surface area contributed by atoms with Crippen LogP contribution in [0.4, 0.5) is 5.69 Å². The first-order valence-corrected chi connectivity index (χ1v) is 12.8. The van der Waals surface area contributed by atoms with Gasteiger partial charge in [-0.25, -0.2) is 0 Å². The van der Waals surface area contributed by atoms with Crippen molar-refractivity contribution >= 4 is 28.3 Å². The SMILES string of the molecule is CCCOc1cccc(N2C(=O)C(O)=C(C(=O)c3cc4ccccc4o3)C2c2ccc(C(C)(C)C)cc2)c1. The second-order valence-electron chi connectivity index (χ2n) is 10.5. The van der Waals surface area contributed by atoms with Gasteiger partial charge in [-0.3, -0.25) is 14.5 Å². The van der Waals surface area contributed by atoms with Crippen molar-refractivity contribution in [3.05, 3.63) is 107 Å². The van der Waals surface area contributed by atoms with Gasteiger partial charge in [-0.15, -0.1) is 0 Å². The number of aliphatic hydroxyl groups is 1. The summed E-state index contributed by atoms with van der Waals surface area (Å²) in [5, 5.41) is 11.9. The lowest BCUT2D eigenvalue weighted by atomic mass is 9.85. The summed E-state index contributed by atoms with van der Waals surface area (Å²) in [5.74, 6) is -1.09. The number of Topliss-reactive ketones (excluding diaryl/α,β-unsaturated/α-hetero) is 1. The second kappa shape index (κ2) is 9.86. The quantitative estimate of drug-likeness (QED) is 0.264. The Morgan fingerprint density at radius 3 is 2.42 bits per heavy atom. The molecule has 194 valence electrons. The van der Waals surface area contributed by atoms with Crippen LogP contribution < -0.4 is 9.64 Å². The zero-order valence-corrected chi connectivity index (χ0v) is 22.0. The summed E-state index contributed by atoms with van der Waals surface area (Å²) >= 11 is 0. The Kier molecular flexibility index (Phi) is 6.57. The number of furan rings is 1. The number of hydrogen-bond donors (Lipinski definition) is 1. The van der Waals surface area contributed by atoms with Crippen molar-refractivity contribution < 1.29 is 23.8 Å². The Balaban J connectivity index is 1.63. The predicted molar refractivity (Wildman–Crippen MR) is 148 cm³/mol. The van der Waals surface area contributed by atoms with E-state index in [4.69, 9.17) is 9.15 Å². The maximum Gasteiger partial charge on any atom is 0.294 e. The van der Waals surface area contributed by atoms with Crippen LogP contribution in [-0.2, 0) is 10.2 Å². The first-order chi connectivity index (χ1) is 18.2. The molecule has 5 rings (SSSR count). The van der Waals surface area contributed by atoms with Crippen LogP contribution in [0.3, 0.4) is 0 Å². The number of nitrogens with zero attached hydrogens (tertiary/aromatic N) is 1. The van der Waals surface area contributed by atoms with E-state index >= 15 is 0 Å². The third-order valence-corrected chi connectivity index (χ3v) is 6.76. The van der Waals surface area contributed by atoms with Gasteiger partial charge in [-0.05, 0) is 47.2 Å². The minimum atomic E-state index is -0.848. The van der Waals surface area contributed by atoms with E-state index in [2.05, 4.69) is 20.8 Å². The molecule has 0 radical (unpaired) electrons. The van der Waals surface area contributed by atoms with Gasteiger partial charge in [0.05, 0.1) is 18.2 Å². The van der Waals surface area contributed by atoms with Crippen molar-refractivity contribution in [2.45, 2.75) is 45.6 Å². The maximum absolute atomic E-state index is 13.9. The average molecular weight is 510 g/mol. The number of anilines is 1. The first-order valence-electron chi connectivity index (χ1n) is 12.8. The largest absolute Gasteiger partial charge is 0.503 e. The van der Waals surface area contributed by atoms with Gasteiger partial charge >= 0.3 is 0 Å². The van der Waals surface area contributed by atoms with Gasteiger partial charge in [-0.1, -0.05) is 76.2 Å². The lowest BCUT2D eigenvalue weighted by Crippen LogP contribution is -2.31. The zero-order valence-electron chi connectivity index (χ0n) is 22.0. The molecule has 3 aromatic carbocycles. The van der Waals surface area contributed by atoms with Gasteiger partial charge in [-0.2, -0.15) is 0 Å². The highest BCUT2D eigenvalue weighted by Gasteiger charge is 2.45. The molecule has 1 atom stereocenters. The van der Waals surface area contributed by atoms with E-state index in [9.17, 15) is 14.7 Å². The Morgan fingerprint density at radius 1 is 1.00 bits per heavy atom. The number of fused-ring (bicyclic) bond motifs is 1. The molecule has 4 aromatic rings. The van der Waals surface area contributed by atoms with Gasteiger partial charge < -0.3 is 14.3 Å². The molecule has 0 spiro atoms. The van der Waals surface area contributed by atoms with E-state index in [-0.39, 0.29) is 16.7 Å². The molecular formula is C32H31NO5. The standard InChI is InChI=1S/C32H31NO5/c1-5-17-37-24-11-8-10-23(19-24)33-28(20-13-15-22(16-14-20)32(2,3)4)27(30(35)31(33)36)29(34)26-18-21-9-6-7-12-25(21)38-26/h6-16,18-19,28,35H,5,17H2,1-4H3. The van der Waals surface area contributed by atoms with Crippen molar-refractivity contribution in [2.24, 2.45) is 0 Å². The van der Waals surface area contributed by atoms with Crippen LogP contribution in [0.2, 0.25) is 0 Å². The van der Waals surface area contributed by atoms with Crippen molar-refractivity contribution in [3.8, 4) is 5.75 Å². The number of ether oxygens (including phenoxy) is 1. The van der Waals surface area contributed by atoms with Gasteiger partial charge in [0.1, 0.15) is 11.3 Å². The molecule has 0 saturated heterocycles. The number of para-hydroxylation sites is 1. The molecule has 38 heavy (non-hydrogen) atoms. The van der Waals surface area contributed by atoms with Crippen LogP contribution in [0.1, 0.15) is 61.8 Å². The highest BCUT2D eigenvalue weighted by Crippen LogP contribution is 2.43. The lowest BCUT2D eigenvalue weighted by molar-refractivity contribution is -0.117. The molecule has 0 bridgehead atoms. The number of carbonyl (C=O) groups is 2. The Hall–Kier alpha value is -4.32. The van der Waals surface area contributed by atoms with E-state index in [1.54, 1.807) is 30.3 Å². The molecule has 1 aromatic heterocycles. The van der Waals surface area contributed by atoms with E-state index in [1.807, 2.05) is 55.5 Å². The number of benzene rings is 3. The fraction of sp³-hybridized carbons (Fsp3) is 0.250. The summed E-state index contributed by atoms with van der Waals surface area (Å²) in [6.45, 7) is 8.92. The number of hydrogen-bond acceptors (Lipinski definition) is 5. The molecule has 2 heterocycles. The van der Waals surface area contributed by atoms with Gasteiger partial charge in [0.25, 0.3) is 5.91 Å². The zero-order chi connectivity index (χ0) is 27.0. The number of aliphatic hydroxyl groups excluding tert-OH is 1. The molecule has 1 N–H and O–H groups in total. The van der Waals surface area contributed by atoms with Crippen molar-refractivity contribution in [3.63, 3.8) is 0 Å². The average Bonchev–Trinajstić information content (AvgIpc) is 3.46. The Bertz CT molecular complexity index is 1510. The number of rotatable bonds is 7. The Labute approximate surface area is 222 Å². The van der Waals surface area contributed by atoms with Crippen LogP contribution in [0, 0.1) is 0 Å². The lowest BCUT2D eigenvalue weighted by Gasteiger charge is -2.28. The van der Waals surface area contributed by atoms with Gasteiger partial charge in [0.15, 0.2) is 11.5 Å². The molecule has 1 aliphatic rings. The molecule has 0 aliphatic carbocycles.